The van der Waals surface area contributed by atoms with Gasteiger partial charge in [-0.2, -0.15) is 11.8 Å². The number of rotatable bonds is 8. The fourth-order valence-corrected chi connectivity index (χ4v) is 2.15. The van der Waals surface area contributed by atoms with E-state index in [2.05, 4.69) is 33.7 Å². The van der Waals surface area contributed by atoms with Crippen LogP contribution < -0.4 is 10.6 Å². The van der Waals surface area contributed by atoms with E-state index in [4.69, 9.17) is 0 Å². The molecular weight excluding hydrogens is 232 g/mol. The molecule has 17 heavy (non-hydrogen) atoms. The van der Waals surface area contributed by atoms with Crippen molar-refractivity contribution in [3.05, 3.63) is 0 Å². The maximum atomic E-state index is 4.21. The third-order valence-electron chi connectivity index (χ3n) is 2.98. The second-order valence-electron chi connectivity index (χ2n) is 4.28. The highest BCUT2D eigenvalue weighted by atomic mass is 32.2. The van der Waals surface area contributed by atoms with Crippen molar-refractivity contribution in [1.29, 1.82) is 0 Å². The number of hydrogen-bond donors (Lipinski definition) is 2. The first-order valence-corrected chi connectivity index (χ1v) is 7.88. The minimum absolute atomic E-state index is 0.855. The summed E-state index contributed by atoms with van der Waals surface area (Å²) < 4.78 is 0. The molecule has 100 valence electrons. The average molecular weight is 258 g/mol. The fourth-order valence-electron chi connectivity index (χ4n) is 1.85. The van der Waals surface area contributed by atoms with Gasteiger partial charge >= 0.3 is 0 Å². The minimum atomic E-state index is 0.855. The van der Waals surface area contributed by atoms with Crippen molar-refractivity contribution in [3.8, 4) is 0 Å². The highest BCUT2D eigenvalue weighted by Gasteiger charge is 2.27. The monoisotopic (exact) mass is 258 g/mol. The first-order chi connectivity index (χ1) is 8.31. The van der Waals surface area contributed by atoms with E-state index < -0.39 is 0 Å². The van der Waals surface area contributed by atoms with Crippen molar-refractivity contribution in [2.45, 2.75) is 25.8 Å². The van der Waals surface area contributed by atoms with Crippen LogP contribution >= 0.6 is 11.8 Å². The molecule has 1 fully saturated rings. The Kier molecular flexibility index (Phi) is 7.44. The van der Waals surface area contributed by atoms with E-state index in [1.807, 2.05) is 18.8 Å². The SMILES string of the molecule is CCN(CCNC(=NC)NCCSC)C1CC1. The summed E-state index contributed by atoms with van der Waals surface area (Å²) in [6.45, 7) is 6.46. The summed E-state index contributed by atoms with van der Waals surface area (Å²) in [6, 6.07) is 0.855. The van der Waals surface area contributed by atoms with Crippen LogP contribution in [0, 0.1) is 0 Å². The normalized spacial score (nSPS) is 16.4. The molecule has 1 aliphatic rings. The Balaban J connectivity index is 2.09. The van der Waals surface area contributed by atoms with Crippen molar-refractivity contribution in [2.24, 2.45) is 4.99 Å². The van der Waals surface area contributed by atoms with Crippen molar-refractivity contribution >= 4 is 17.7 Å². The second kappa shape index (κ2) is 8.64. The van der Waals surface area contributed by atoms with E-state index in [1.54, 1.807) is 0 Å². The van der Waals surface area contributed by atoms with Gasteiger partial charge in [-0.15, -0.1) is 0 Å². The molecule has 1 aliphatic carbocycles. The second-order valence-corrected chi connectivity index (χ2v) is 5.26. The quantitative estimate of drug-likeness (QED) is 0.387. The highest BCUT2D eigenvalue weighted by molar-refractivity contribution is 7.98. The molecule has 0 atom stereocenters. The lowest BCUT2D eigenvalue weighted by atomic mass is 10.4. The Bertz CT molecular complexity index is 229. The van der Waals surface area contributed by atoms with Crippen LogP contribution in [-0.2, 0) is 0 Å². The molecule has 0 spiro atoms. The zero-order valence-electron chi connectivity index (χ0n) is 11.3. The molecule has 0 unspecified atom stereocenters. The Morgan fingerprint density at radius 1 is 1.35 bits per heavy atom. The summed E-state index contributed by atoms with van der Waals surface area (Å²) in [5.74, 6) is 2.04. The Hall–Kier alpha value is -0.420. The Labute approximate surface area is 110 Å². The Morgan fingerprint density at radius 2 is 2.06 bits per heavy atom. The summed E-state index contributed by atoms with van der Waals surface area (Å²) >= 11 is 1.85. The van der Waals surface area contributed by atoms with E-state index in [0.717, 1.165) is 43.9 Å². The number of nitrogens with one attached hydrogen (secondary N) is 2. The highest BCUT2D eigenvalue weighted by Crippen LogP contribution is 2.25. The molecule has 0 amide bonds. The van der Waals surface area contributed by atoms with E-state index in [9.17, 15) is 0 Å². The molecule has 0 aromatic carbocycles. The van der Waals surface area contributed by atoms with Gasteiger partial charge in [-0.25, -0.2) is 0 Å². The molecule has 5 heteroatoms. The topological polar surface area (TPSA) is 39.7 Å². The molecule has 4 nitrogen and oxygen atoms in total. The number of guanidine groups is 1. The van der Waals surface area contributed by atoms with Crippen LogP contribution in [0.15, 0.2) is 4.99 Å². The van der Waals surface area contributed by atoms with E-state index >= 15 is 0 Å². The van der Waals surface area contributed by atoms with Gasteiger partial charge in [0, 0.05) is 38.5 Å². The Morgan fingerprint density at radius 3 is 2.59 bits per heavy atom. The maximum absolute atomic E-state index is 4.21. The van der Waals surface area contributed by atoms with E-state index in [1.165, 1.54) is 12.8 Å². The lowest BCUT2D eigenvalue weighted by Gasteiger charge is -2.20. The molecule has 1 saturated carbocycles. The van der Waals surface area contributed by atoms with Crippen LogP contribution in [-0.4, -0.2) is 62.1 Å². The predicted molar refractivity (Wildman–Crippen MR) is 78.0 cm³/mol. The van der Waals surface area contributed by atoms with E-state index in [0.29, 0.717) is 0 Å². The lowest BCUT2D eigenvalue weighted by Crippen LogP contribution is -2.42. The lowest BCUT2D eigenvalue weighted by molar-refractivity contribution is 0.282. The summed E-state index contributed by atoms with van der Waals surface area (Å²) in [5, 5.41) is 6.67. The molecule has 0 aromatic rings. The van der Waals surface area contributed by atoms with E-state index in [-0.39, 0.29) is 0 Å². The first kappa shape index (κ1) is 14.6. The molecule has 1 rings (SSSR count). The predicted octanol–water partition coefficient (Wildman–Crippen LogP) is 0.999. The number of likely N-dealkylation sites (N-methyl/N-ethyl adjacent to an activating group) is 1. The van der Waals surface area contributed by atoms with Gasteiger partial charge in [0.25, 0.3) is 0 Å². The van der Waals surface area contributed by atoms with Gasteiger partial charge in [-0.1, -0.05) is 6.92 Å². The number of thioether (sulfide) groups is 1. The molecule has 0 saturated heterocycles. The van der Waals surface area contributed by atoms with Crippen LogP contribution in [0.3, 0.4) is 0 Å². The molecule has 0 radical (unpaired) electrons. The van der Waals surface area contributed by atoms with Crippen molar-refractivity contribution in [3.63, 3.8) is 0 Å². The average Bonchev–Trinajstić information content (AvgIpc) is 3.17. The summed E-state index contributed by atoms with van der Waals surface area (Å²) in [4.78, 5) is 6.75. The number of nitrogens with zero attached hydrogens (tertiary/aromatic N) is 2. The zero-order valence-corrected chi connectivity index (χ0v) is 12.1. The third-order valence-corrected chi connectivity index (χ3v) is 3.60. The smallest absolute Gasteiger partial charge is 0.191 e. The minimum Gasteiger partial charge on any atom is -0.356 e. The van der Waals surface area contributed by atoms with Crippen LogP contribution in [0.1, 0.15) is 19.8 Å². The summed E-state index contributed by atoms with van der Waals surface area (Å²) in [7, 11) is 1.83. The largest absolute Gasteiger partial charge is 0.356 e. The van der Waals surface area contributed by atoms with Gasteiger partial charge < -0.3 is 10.6 Å². The standard InChI is InChI=1S/C12H26N4S/c1-4-16(11-5-6-11)9-7-14-12(13-2)15-8-10-17-3/h11H,4-10H2,1-3H3,(H2,13,14,15). The van der Waals surface area contributed by atoms with Crippen LogP contribution in [0.5, 0.6) is 0 Å². The molecule has 0 heterocycles. The van der Waals surface area contributed by atoms with Gasteiger partial charge in [0.2, 0.25) is 0 Å². The van der Waals surface area contributed by atoms with Crippen LogP contribution in [0.2, 0.25) is 0 Å². The van der Waals surface area contributed by atoms with Gasteiger partial charge in [-0.05, 0) is 25.6 Å². The summed E-state index contributed by atoms with van der Waals surface area (Å²) in [6.07, 6.45) is 4.88. The van der Waals surface area contributed by atoms with Gasteiger partial charge in [0.1, 0.15) is 0 Å². The van der Waals surface area contributed by atoms with Crippen molar-refractivity contribution in [2.75, 3.05) is 45.2 Å². The van der Waals surface area contributed by atoms with Crippen molar-refractivity contribution < 1.29 is 0 Å². The van der Waals surface area contributed by atoms with Crippen molar-refractivity contribution in [1.82, 2.24) is 15.5 Å². The molecule has 0 aromatic heterocycles. The fraction of sp³-hybridized carbons (Fsp3) is 0.917. The summed E-state index contributed by atoms with van der Waals surface area (Å²) in [5.41, 5.74) is 0. The number of aliphatic imine (C=N–C) groups is 1. The van der Waals surface area contributed by atoms with Crippen LogP contribution in [0.25, 0.3) is 0 Å². The first-order valence-electron chi connectivity index (χ1n) is 6.49. The van der Waals surface area contributed by atoms with Crippen LogP contribution in [0.4, 0.5) is 0 Å². The molecule has 2 N–H and O–H groups in total. The number of hydrogen-bond acceptors (Lipinski definition) is 3. The molecule has 0 bridgehead atoms. The van der Waals surface area contributed by atoms with Gasteiger partial charge in [0.05, 0.1) is 0 Å². The molecular formula is C12H26N4S. The van der Waals surface area contributed by atoms with Gasteiger partial charge in [0.15, 0.2) is 5.96 Å². The molecule has 0 aliphatic heterocycles. The third kappa shape index (κ3) is 6.17. The zero-order chi connectivity index (χ0) is 12.5. The van der Waals surface area contributed by atoms with Gasteiger partial charge in [-0.3, -0.25) is 9.89 Å². The maximum Gasteiger partial charge on any atom is 0.191 e.